The average molecular weight is 232 g/mol. The molecule has 2 rings (SSSR count). The number of rotatable bonds is 4. The first-order valence-corrected chi connectivity index (χ1v) is 5.69. The molecule has 4 nitrogen and oxygen atoms in total. The van der Waals surface area contributed by atoms with Gasteiger partial charge >= 0.3 is 0 Å². The van der Waals surface area contributed by atoms with Crippen molar-refractivity contribution >= 4 is 0 Å². The second kappa shape index (κ2) is 4.91. The fourth-order valence-corrected chi connectivity index (χ4v) is 1.58. The van der Waals surface area contributed by atoms with Crippen molar-refractivity contribution in [1.29, 1.82) is 0 Å². The molecule has 0 bridgehead atoms. The normalized spacial score (nSPS) is 10.5. The average Bonchev–Trinajstić information content (AvgIpc) is 2.66. The molecule has 4 heteroatoms. The van der Waals surface area contributed by atoms with E-state index in [1.54, 1.807) is 6.07 Å². The van der Waals surface area contributed by atoms with E-state index in [2.05, 4.69) is 12.0 Å². The predicted octanol–water partition coefficient (Wildman–Crippen LogP) is 2.68. The van der Waals surface area contributed by atoms with Gasteiger partial charge in [0.25, 0.3) is 0 Å². The van der Waals surface area contributed by atoms with Crippen LogP contribution in [0.1, 0.15) is 19.0 Å². The van der Waals surface area contributed by atoms with Crippen LogP contribution in [0.4, 0.5) is 0 Å². The SMILES string of the molecule is CCCOc1ccc(-n2nc(C)cc2O)cc1. The van der Waals surface area contributed by atoms with Gasteiger partial charge in [0.05, 0.1) is 18.0 Å². The number of benzene rings is 1. The summed E-state index contributed by atoms with van der Waals surface area (Å²) in [6.07, 6.45) is 0.987. The summed E-state index contributed by atoms with van der Waals surface area (Å²) >= 11 is 0. The van der Waals surface area contributed by atoms with E-state index in [-0.39, 0.29) is 5.88 Å². The summed E-state index contributed by atoms with van der Waals surface area (Å²) < 4.78 is 6.99. The second-order valence-electron chi connectivity index (χ2n) is 3.90. The molecule has 0 aliphatic heterocycles. The Bertz CT molecular complexity index is 489. The summed E-state index contributed by atoms with van der Waals surface area (Å²) in [4.78, 5) is 0. The first-order valence-electron chi connectivity index (χ1n) is 5.69. The van der Waals surface area contributed by atoms with Gasteiger partial charge in [-0.05, 0) is 37.6 Å². The van der Waals surface area contributed by atoms with Crippen LogP contribution in [-0.4, -0.2) is 21.5 Å². The summed E-state index contributed by atoms with van der Waals surface area (Å²) in [6.45, 7) is 4.62. The van der Waals surface area contributed by atoms with Crippen LogP contribution in [0.3, 0.4) is 0 Å². The van der Waals surface area contributed by atoms with Gasteiger partial charge in [0.2, 0.25) is 5.88 Å². The van der Waals surface area contributed by atoms with Gasteiger partial charge in [-0.2, -0.15) is 5.10 Å². The van der Waals surface area contributed by atoms with Crippen LogP contribution < -0.4 is 4.74 Å². The van der Waals surface area contributed by atoms with Crippen molar-refractivity contribution in [2.24, 2.45) is 0 Å². The van der Waals surface area contributed by atoms with E-state index in [0.717, 1.165) is 23.6 Å². The third kappa shape index (κ3) is 2.58. The number of hydrogen-bond acceptors (Lipinski definition) is 3. The van der Waals surface area contributed by atoms with E-state index >= 15 is 0 Å². The maximum Gasteiger partial charge on any atom is 0.214 e. The van der Waals surface area contributed by atoms with Crippen molar-refractivity contribution in [3.05, 3.63) is 36.0 Å². The van der Waals surface area contributed by atoms with Gasteiger partial charge in [0.15, 0.2) is 0 Å². The van der Waals surface area contributed by atoms with Crippen molar-refractivity contribution in [1.82, 2.24) is 9.78 Å². The molecule has 0 fully saturated rings. The first kappa shape index (κ1) is 11.5. The molecule has 1 heterocycles. The minimum absolute atomic E-state index is 0.143. The molecule has 1 N–H and O–H groups in total. The van der Waals surface area contributed by atoms with Gasteiger partial charge in [-0.1, -0.05) is 6.92 Å². The highest BCUT2D eigenvalue weighted by atomic mass is 16.5. The van der Waals surface area contributed by atoms with E-state index in [9.17, 15) is 5.11 Å². The van der Waals surface area contributed by atoms with Crippen LogP contribution in [0.2, 0.25) is 0 Å². The number of aromatic nitrogens is 2. The maximum atomic E-state index is 9.66. The maximum absolute atomic E-state index is 9.66. The molecular formula is C13H16N2O2. The van der Waals surface area contributed by atoms with E-state index in [1.807, 2.05) is 31.2 Å². The van der Waals surface area contributed by atoms with Crippen molar-refractivity contribution in [3.8, 4) is 17.3 Å². The largest absolute Gasteiger partial charge is 0.494 e. The lowest BCUT2D eigenvalue weighted by molar-refractivity contribution is 0.317. The topological polar surface area (TPSA) is 47.3 Å². The fourth-order valence-electron chi connectivity index (χ4n) is 1.58. The zero-order valence-electron chi connectivity index (χ0n) is 10.1. The first-order chi connectivity index (χ1) is 8.20. The number of aromatic hydroxyl groups is 1. The van der Waals surface area contributed by atoms with Crippen LogP contribution in [-0.2, 0) is 0 Å². The van der Waals surface area contributed by atoms with Gasteiger partial charge in [-0.3, -0.25) is 0 Å². The molecule has 17 heavy (non-hydrogen) atoms. The van der Waals surface area contributed by atoms with Crippen LogP contribution in [0, 0.1) is 6.92 Å². The molecule has 2 aromatic rings. The molecule has 1 aromatic carbocycles. The Morgan fingerprint density at radius 3 is 2.53 bits per heavy atom. The Balaban J connectivity index is 2.20. The molecular weight excluding hydrogens is 216 g/mol. The molecule has 0 radical (unpaired) electrons. The lowest BCUT2D eigenvalue weighted by Crippen LogP contribution is -1.98. The molecule has 0 unspecified atom stereocenters. The monoisotopic (exact) mass is 232 g/mol. The quantitative estimate of drug-likeness (QED) is 0.881. The second-order valence-corrected chi connectivity index (χ2v) is 3.90. The van der Waals surface area contributed by atoms with Gasteiger partial charge in [0.1, 0.15) is 5.75 Å². The molecule has 0 saturated carbocycles. The molecule has 0 saturated heterocycles. The molecule has 0 amide bonds. The molecule has 0 aliphatic carbocycles. The van der Waals surface area contributed by atoms with Crippen LogP contribution in [0.15, 0.2) is 30.3 Å². The molecule has 1 aromatic heterocycles. The highest BCUT2D eigenvalue weighted by molar-refractivity contribution is 5.39. The lowest BCUT2D eigenvalue weighted by atomic mass is 10.3. The molecule has 90 valence electrons. The van der Waals surface area contributed by atoms with E-state index in [4.69, 9.17) is 4.74 Å². The van der Waals surface area contributed by atoms with Crippen molar-refractivity contribution in [2.75, 3.05) is 6.61 Å². The molecule has 0 aliphatic rings. The number of nitrogens with zero attached hydrogens (tertiary/aromatic N) is 2. The fraction of sp³-hybridized carbons (Fsp3) is 0.308. The van der Waals surface area contributed by atoms with E-state index < -0.39 is 0 Å². The van der Waals surface area contributed by atoms with Gasteiger partial charge in [-0.25, -0.2) is 4.68 Å². The van der Waals surface area contributed by atoms with E-state index in [1.165, 1.54) is 4.68 Å². The Morgan fingerprint density at radius 2 is 2.00 bits per heavy atom. The predicted molar refractivity (Wildman–Crippen MR) is 65.8 cm³/mol. The zero-order valence-corrected chi connectivity index (χ0v) is 10.1. The Morgan fingerprint density at radius 1 is 1.29 bits per heavy atom. The van der Waals surface area contributed by atoms with E-state index in [0.29, 0.717) is 6.61 Å². The van der Waals surface area contributed by atoms with Crippen molar-refractivity contribution in [2.45, 2.75) is 20.3 Å². The summed E-state index contributed by atoms with van der Waals surface area (Å²) in [5.74, 6) is 0.976. The highest BCUT2D eigenvalue weighted by Gasteiger charge is 2.05. The summed E-state index contributed by atoms with van der Waals surface area (Å²) in [5, 5.41) is 13.9. The third-order valence-corrected chi connectivity index (χ3v) is 2.37. The van der Waals surface area contributed by atoms with Gasteiger partial charge in [-0.15, -0.1) is 0 Å². The molecule has 0 spiro atoms. The zero-order chi connectivity index (χ0) is 12.3. The highest BCUT2D eigenvalue weighted by Crippen LogP contribution is 2.20. The molecule has 0 atom stereocenters. The Kier molecular flexibility index (Phi) is 3.32. The van der Waals surface area contributed by atoms with Gasteiger partial charge < -0.3 is 9.84 Å². The number of ether oxygens (including phenoxy) is 1. The summed E-state index contributed by atoms with van der Waals surface area (Å²) in [6, 6.07) is 9.12. The van der Waals surface area contributed by atoms with Crippen LogP contribution in [0.5, 0.6) is 11.6 Å². The standard InChI is InChI=1S/C13H16N2O2/c1-3-8-17-12-6-4-11(5-7-12)15-13(16)9-10(2)14-15/h4-7,9,16H,3,8H2,1-2H3. The number of hydrogen-bond donors (Lipinski definition) is 1. The number of aryl methyl sites for hydroxylation is 1. The third-order valence-electron chi connectivity index (χ3n) is 2.37. The Hall–Kier alpha value is -1.97. The van der Waals surface area contributed by atoms with Crippen molar-refractivity contribution < 1.29 is 9.84 Å². The lowest BCUT2D eigenvalue weighted by Gasteiger charge is -2.06. The minimum atomic E-state index is 0.143. The van der Waals surface area contributed by atoms with Crippen molar-refractivity contribution in [3.63, 3.8) is 0 Å². The van der Waals surface area contributed by atoms with Crippen LogP contribution in [0.25, 0.3) is 5.69 Å². The Labute approximate surface area is 100 Å². The van der Waals surface area contributed by atoms with Gasteiger partial charge in [0, 0.05) is 6.07 Å². The summed E-state index contributed by atoms with van der Waals surface area (Å²) in [7, 11) is 0. The summed E-state index contributed by atoms with van der Waals surface area (Å²) in [5.41, 5.74) is 1.60. The minimum Gasteiger partial charge on any atom is -0.494 e. The smallest absolute Gasteiger partial charge is 0.214 e. The van der Waals surface area contributed by atoms with Crippen LogP contribution >= 0.6 is 0 Å².